The van der Waals surface area contributed by atoms with E-state index in [2.05, 4.69) is 24.5 Å². The summed E-state index contributed by atoms with van der Waals surface area (Å²) in [6.07, 6.45) is 3.69. The van der Waals surface area contributed by atoms with Crippen LogP contribution in [0.15, 0.2) is 0 Å². The summed E-state index contributed by atoms with van der Waals surface area (Å²) in [6, 6.07) is 0.0107. The Balaban J connectivity index is 1.83. The van der Waals surface area contributed by atoms with E-state index in [4.69, 9.17) is 0 Å². The van der Waals surface area contributed by atoms with Crippen LogP contribution in [0, 0.1) is 11.8 Å². The number of hydrogen-bond acceptors (Lipinski definition) is 4. The van der Waals surface area contributed by atoms with E-state index in [9.17, 15) is 13.2 Å². The zero-order chi connectivity index (χ0) is 14.8. The van der Waals surface area contributed by atoms with Crippen LogP contribution >= 0.6 is 0 Å². The molecule has 5 nitrogen and oxygen atoms in total. The lowest BCUT2D eigenvalue weighted by Crippen LogP contribution is -2.49. The predicted molar refractivity (Wildman–Crippen MR) is 79.2 cm³/mol. The predicted octanol–water partition coefficient (Wildman–Crippen LogP) is 0.704. The van der Waals surface area contributed by atoms with E-state index in [1.165, 1.54) is 6.42 Å². The molecule has 0 aromatic heterocycles. The van der Waals surface area contributed by atoms with Crippen LogP contribution in [0.3, 0.4) is 0 Å². The second-order valence-corrected chi connectivity index (χ2v) is 8.64. The summed E-state index contributed by atoms with van der Waals surface area (Å²) in [5.74, 6) is 1.38. The molecule has 0 aromatic carbocycles. The molecule has 0 aromatic rings. The monoisotopic (exact) mass is 302 g/mol. The standard InChI is InChI=1S/C14H26N2O3S/c1-10-4-3-5-13(11(10)2)16-14(17)8-12-9-20(18,19)7-6-15-12/h10-13,15H,3-9H2,1-2H3,(H,16,17). The number of carbonyl (C=O) groups excluding carboxylic acids is 1. The molecule has 4 unspecified atom stereocenters. The van der Waals surface area contributed by atoms with Gasteiger partial charge in [0.05, 0.1) is 11.5 Å². The van der Waals surface area contributed by atoms with Gasteiger partial charge in [-0.25, -0.2) is 8.42 Å². The Bertz CT molecular complexity index is 449. The molecule has 6 heteroatoms. The zero-order valence-corrected chi connectivity index (χ0v) is 13.2. The highest BCUT2D eigenvalue weighted by Crippen LogP contribution is 2.29. The molecule has 20 heavy (non-hydrogen) atoms. The van der Waals surface area contributed by atoms with Gasteiger partial charge >= 0.3 is 0 Å². The van der Waals surface area contributed by atoms with Gasteiger partial charge < -0.3 is 10.6 Å². The van der Waals surface area contributed by atoms with E-state index in [1.807, 2.05) is 0 Å². The average molecular weight is 302 g/mol. The van der Waals surface area contributed by atoms with Crippen molar-refractivity contribution in [3.63, 3.8) is 0 Å². The molecule has 116 valence electrons. The number of hydrogen-bond donors (Lipinski definition) is 2. The van der Waals surface area contributed by atoms with Crippen molar-refractivity contribution in [3.05, 3.63) is 0 Å². The smallest absolute Gasteiger partial charge is 0.221 e. The van der Waals surface area contributed by atoms with Crippen LogP contribution in [-0.2, 0) is 14.6 Å². The average Bonchev–Trinajstić information content (AvgIpc) is 2.33. The van der Waals surface area contributed by atoms with E-state index < -0.39 is 9.84 Å². The van der Waals surface area contributed by atoms with E-state index in [0.717, 1.165) is 12.8 Å². The van der Waals surface area contributed by atoms with E-state index >= 15 is 0 Å². The molecule has 1 saturated carbocycles. The summed E-state index contributed by atoms with van der Waals surface area (Å²) < 4.78 is 23.1. The lowest BCUT2D eigenvalue weighted by atomic mass is 9.78. The van der Waals surface area contributed by atoms with Crippen LogP contribution in [0.4, 0.5) is 0 Å². The Labute approximate surface area is 121 Å². The molecule has 1 amide bonds. The molecule has 1 saturated heterocycles. The Kier molecular flexibility index (Phi) is 5.07. The zero-order valence-electron chi connectivity index (χ0n) is 12.4. The fraction of sp³-hybridized carbons (Fsp3) is 0.929. The Morgan fingerprint density at radius 1 is 1.30 bits per heavy atom. The molecule has 4 atom stereocenters. The van der Waals surface area contributed by atoms with E-state index in [-0.39, 0.29) is 35.9 Å². The first kappa shape index (κ1) is 15.8. The third-order valence-corrected chi connectivity index (χ3v) is 6.52. The molecule has 2 rings (SSSR count). The van der Waals surface area contributed by atoms with Crippen LogP contribution in [0.2, 0.25) is 0 Å². The van der Waals surface area contributed by atoms with Crippen molar-refractivity contribution in [1.82, 2.24) is 10.6 Å². The lowest BCUT2D eigenvalue weighted by molar-refractivity contribution is -0.122. The van der Waals surface area contributed by atoms with Gasteiger partial charge in [0, 0.05) is 25.0 Å². The third-order valence-electron chi connectivity index (χ3n) is 4.79. The summed E-state index contributed by atoms with van der Waals surface area (Å²) in [6.45, 7) is 4.88. The van der Waals surface area contributed by atoms with Crippen molar-refractivity contribution in [1.29, 1.82) is 0 Å². The van der Waals surface area contributed by atoms with Crippen molar-refractivity contribution in [2.24, 2.45) is 11.8 Å². The first-order chi connectivity index (χ1) is 9.37. The topological polar surface area (TPSA) is 75.3 Å². The van der Waals surface area contributed by atoms with Crippen molar-refractivity contribution >= 4 is 15.7 Å². The van der Waals surface area contributed by atoms with Gasteiger partial charge in [0.25, 0.3) is 0 Å². The number of sulfone groups is 1. The highest BCUT2D eigenvalue weighted by atomic mass is 32.2. The number of amides is 1. The molecule has 0 spiro atoms. The maximum Gasteiger partial charge on any atom is 0.221 e. The van der Waals surface area contributed by atoms with E-state index in [0.29, 0.717) is 18.4 Å². The van der Waals surface area contributed by atoms with Crippen molar-refractivity contribution in [2.45, 2.75) is 51.6 Å². The van der Waals surface area contributed by atoms with Gasteiger partial charge in [0.2, 0.25) is 5.91 Å². The van der Waals surface area contributed by atoms with Gasteiger partial charge in [0.15, 0.2) is 9.84 Å². The molecule has 2 fully saturated rings. The van der Waals surface area contributed by atoms with Crippen molar-refractivity contribution in [2.75, 3.05) is 18.1 Å². The van der Waals surface area contributed by atoms with Crippen LogP contribution in [0.25, 0.3) is 0 Å². The van der Waals surface area contributed by atoms with Crippen molar-refractivity contribution < 1.29 is 13.2 Å². The number of nitrogens with one attached hydrogen (secondary N) is 2. The normalized spacial score (nSPS) is 37.3. The molecule has 1 aliphatic heterocycles. The van der Waals surface area contributed by atoms with Crippen LogP contribution in [-0.4, -0.2) is 44.5 Å². The van der Waals surface area contributed by atoms with Crippen molar-refractivity contribution in [3.8, 4) is 0 Å². The molecular weight excluding hydrogens is 276 g/mol. The Morgan fingerprint density at radius 3 is 2.75 bits per heavy atom. The minimum absolute atomic E-state index is 0.0226. The quantitative estimate of drug-likeness (QED) is 0.805. The molecule has 1 heterocycles. The number of carbonyl (C=O) groups is 1. The van der Waals surface area contributed by atoms with Gasteiger partial charge in [-0.05, 0) is 18.3 Å². The highest BCUT2D eigenvalue weighted by Gasteiger charge is 2.30. The molecule has 0 radical (unpaired) electrons. The first-order valence-corrected chi connectivity index (χ1v) is 9.42. The molecule has 2 aliphatic rings. The van der Waals surface area contributed by atoms with Gasteiger partial charge in [0.1, 0.15) is 0 Å². The summed E-state index contributed by atoms with van der Waals surface area (Å²) >= 11 is 0. The largest absolute Gasteiger partial charge is 0.353 e. The van der Waals surface area contributed by atoms with Gasteiger partial charge in [-0.3, -0.25) is 4.79 Å². The van der Waals surface area contributed by atoms with Crippen LogP contribution in [0.1, 0.15) is 39.5 Å². The fourth-order valence-electron chi connectivity index (χ4n) is 3.27. The SMILES string of the molecule is CC1CCCC(NC(=O)CC2CS(=O)(=O)CCN2)C1C. The summed E-state index contributed by atoms with van der Waals surface area (Å²) in [7, 11) is -2.97. The van der Waals surface area contributed by atoms with Gasteiger partial charge in [-0.1, -0.05) is 26.7 Å². The highest BCUT2D eigenvalue weighted by molar-refractivity contribution is 7.91. The Hall–Kier alpha value is -0.620. The Morgan fingerprint density at radius 2 is 2.05 bits per heavy atom. The maximum absolute atomic E-state index is 12.1. The second kappa shape index (κ2) is 6.43. The number of rotatable bonds is 3. The third kappa shape index (κ3) is 4.19. The first-order valence-electron chi connectivity index (χ1n) is 7.60. The summed E-state index contributed by atoms with van der Waals surface area (Å²) in [5, 5.41) is 6.22. The molecular formula is C14H26N2O3S. The summed E-state index contributed by atoms with van der Waals surface area (Å²) in [4.78, 5) is 12.1. The maximum atomic E-state index is 12.1. The van der Waals surface area contributed by atoms with Crippen LogP contribution < -0.4 is 10.6 Å². The lowest BCUT2D eigenvalue weighted by Gasteiger charge is -2.35. The molecule has 2 N–H and O–H groups in total. The minimum Gasteiger partial charge on any atom is -0.353 e. The minimum atomic E-state index is -2.97. The summed E-state index contributed by atoms with van der Waals surface area (Å²) in [5.41, 5.74) is 0. The molecule has 0 bridgehead atoms. The molecule has 1 aliphatic carbocycles. The van der Waals surface area contributed by atoms with E-state index in [1.54, 1.807) is 0 Å². The van der Waals surface area contributed by atoms with Gasteiger partial charge in [-0.15, -0.1) is 0 Å². The fourth-order valence-corrected chi connectivity index (χ4v) is 4.72. The second-order valence-electron chi connectivity index (χ2n) is 6.41. The van der Waals surface area contributed by atoms with Crippen LogP contribution in [0.5, 0.6) is 0 Å². The van der Waals surface area contributed by atoms with Gasteiger partial charge in [-0.2, -0.15) is 0 Å².